The fraction of sp³-hybridized carbons (Fsp3) is 0.158. The zero-order valence-corrected chi connectivity index (χ0v) is 13.7. The maximum Gasteiger partial charge on any atom is 0.224 e. The van der Waals surface area contributed by atoms with E-state index in [9.17, 15) is 0 Å². The monoisotopic (exact) mass is 319 g/mol. The zero-order valence-electron chi connectivity index (χ0n) is 13.7. The number of aromatic nitrogens is 2. The number of hydrogen-bond acceptors (Lipinski definition) is 5. The van der Waals surface area contributed by atoms with E-state index in [1.807, 2.05) is 60.5 Å². The van der Waals surface area contributed by atoms with Crippen LogP contribution in [0.4, 0.5) is 23.1 Å². The molecule has 2 aromatic carbocycles. The lowest BCUT2D eigenvalue weighted by Gasteiger charge is -2.20. The molecule has 5 nitrogen and oxygen atoms in total. The first-order chi connectivity index (χ1) is 11.7. The van der Waals surface area contributed by atoms with Crippen LogP contribution in [0.2, 0.25) is 0 Å². The van der Waals surface area contributed by atoms with E-state index in [2.05, 4.69) is 27.4 Å². The summed E-state index contributed by atoms with van der Waals surface area (Å²) in [7, 11) is 1.95. The Morgan fingerprint density at radius 2 is 1.67 bits per heavy atom. The molecule has 0 aliphatic carbocycles. The lowest BCUT2D eigenvalue weighted by molar-refractivity contribution is 0.978. The van der Waals surface area contributed by atoms with Crippen molar-refractivity contribution in [1.82, 2.24) is 9.97 Å². The molecule has 0 saturated carbocycles. The van der Waals surface area contributed by atoms with Crippen molar-refractivity contribution in [2.45, 2.75) is 6.42 Å². The SMILES string of the molecule is CN(c1ccccc1)c1nc(NCCc2ccccc2)ncc1N. The quantitative estimate of drug-likeness (QED) is 0.728. The second-order valence-corrected chi connectivity index (χ2v) is 5.53. The third-order valence-corrected chi connectivity index (χ3v) is 3.80. The van der Waals surface area contributed by atoms with Gasteiger partial charge in [0.25, 0.3) is 0 Å². The van der Waals surface area contributed by atoms with Gasteiger partial charge in [0, 0.05) is 19.3 Å². The summed E-state index contributed by atoms with van der Waals surface area (Å²) in [6.07, 6.45) is 2.56. The number of hydrogen-bond donors (Lipinski definition) is 2. The average molecular weight is 319 g/mol. The van der Waals surface area contributed by atoms with Crippen molar-refractivity contribution >= 4 is 23.1 Å². The topological polar surface area (TPSA) is 67.1 Å². The molecule has 5 heteroatoms. The molecule has 0 unspecified atom stereocenters. The van der Waals surface area contributed by atoms with Gasteiger partial charge in [-0.3, -0.25) is 0 Å². The van der Waals surface area contributed by atoms with Crippen LogP contribution in [0, 0.1) is 0 Å². The highest BCUT2D eigenvalue weighted by molar-refractivity contribution is 5.70. The third kappa shape index (κ3) is 3.81. The van der Waals surface area contributed by atoms with Crippen molar-refractivity contribution < 1.29 is 0 Å². The van der Waals surface area contributed by atoms with E-state index in [-0.39, 0.29) is 0 Å². The summed E-state index contributed by atoms with van der Waals surface area (Å²) < 4.78 is 0. The molecular formula is C19H21N5. The van der Waals surface area contributed by atoms with Crippen LogP contribution in [-0.4, -0.2) is 23.6 Å². The van der Waals surface area contributed by atoms with Gasteiger partial charge in [0.2, 0.25) is 5.95 Å². The molecule has 3 aromatic rings. The number of rotatable bonds is 6. The van der Waals surface area contributed by atoms with Crippen LogP contribution < -0.4 is 16.0 Å². The first-order valence-corrected chi connectivity index (χ1v) is 7.93. The summed E-state index contributed by atoms with van der Waals surface area (Å²) in [6.45, 7) is 0.766. The smallest absolute Gasteiger partial charge is 0.224 e. The molecule has 3 rings (SSSR count). The summed E-state index contributed by atoms with van der Waals surface area (Å²) in [5, 5.41) is 3.26. The molecule has 0 amide bonds. The van der Waals surface area contributed by atoms with Crippen LogP contribution in [0.3, 0.4) is 0 Å². The van der Waals surface area contributed by atoms with E-state index in [1.165, 1.54) is 5.56 Å². The Morgan fingerprint density at radius 3 is 2.38 bits per heavy atom. The van der Waals surface area contributed by atoms with E-state index >= 15 is 0 Å². The van der Waals surface area contributed by atoms with Gasteiger partial charge in [-0.2, -0.15) is 4.98 Å². The molecule has 122 valence electrons. The first kappa shape index (κ1) is 15.8. The second-order valence-electron chi connectivity index (χ2n) is 5.53. The minimum Gasteiger partial charge on any atom is -0.394 e. The summed E-state index contributed by atoms with van der Waals surface area (Å²) in [5.41, 5.74) is 8.91. The van der Waals surface area contributed by atoms with E-state index in [1.54, 1.807) is 6.20 Å². The van der Waals surface area contributed by atoms with E-state index in [4.69, 9.17) is 5.73 Å². The standard InChI is InChI=1S/C19H21N5/c1-24(16-10-6-3-7-11-16)18-17(20)14-22-19(23-18)21-13-12-15-8-4-2-5-9-15/h2-11,14H,12-13,20H2,1H3,(H,21,22,23). The van der Waals surface area contributed by atoms with Gasteiger partial charge in [0.15, 0.2) is 5.82 Å². The molecule has 0 aliphatic heterocycles. The van der Waals surface area contributed by atoms with E-state index in [0.29, 0.717) is 17.5 Å². The van der Waals surface area contributed by atoms with Gasteiger partial charge < -0.3 is 16.0 Å². The summed E-state index contributed by atoms with van der Waals surface area (Å²) >= 11 is 0. The van der Waals surface area contributed by atoms with Crippen LogP contribution in [-0.2, 0) is 6.42 Å². The van der Waals surface area contributed by atoms with Crippen LogP contribution in [0.15, 0.2) is 66.9 Å². The van der Waals surface area contributed by atoms with Crippen LogP contribution in [0.5, 0.6) is 0 Å². The van der Waals surface area contributed by atoms with E-state index < -0.39 is 0 Å². The molecule has 1 heterocycles. The Bertz CT molecular complexity index is 774. The third-order valence-electron chi connectivity index (χ3n) is 3.80. The number of para-hydroxylation sites is 1. The fourth-order valence-electron chi connectivity index (χ4n) is 2.47. The Morgan fingerprint density at radius 1 is 1.00 bits per heavy atom. The molecule has 0 spiro atoms. The highest BCUT2D eigenvalue weighted by atomic mass is 15.2. The lowest BCUT2D eigenvalue weighted by Crippen LogP contribution is -2.16. The largest absolute Gasteiger partial charge is 0.394 e. The molecule has 0 radical (unpaired) electrons. The van der Waals surface area contributed by atoms with Crippen molar-refractivity contribution in [3.8, 4) is 0 Å². The first-order valence-electron chi connectivity index (χ1n) is 7.93. The molecule has 0 aliphatic rings. The fourth-order valence-corrected chi connectivity index (χ4v) is 2.47. The normalized spacial score (nSPS) is 10.4. The second kappa shape index (κ2) is 7.46. The summed E-state index contributed by atoms with van der Waals surface area (Å²) in [4.78, 5) is 10.8. The molecule has 24 heavy (non-hydrogen) atoms. The van der Waals surface area contributed by atoms with Crippen molar-refractivity contribution in [2.24, 2.45) is 0 Å². The van der Waals surface area contributed by atoms with Gasteiger partial charge in [-0.15, -0.1) is 0 Å². The van der Waals surface area contributed by atoms with Crippen molar-refractivity contribution in [2.75, 3.05) is 29.5 Å². The van der Waals surface area contributed by atoms with Gasteiger partial charge in [0.1, 0.15) is 0 Å². The highest BCUT2D eigenvalue weighted by Crippen LogP contribution is 2.26. The van der Waals surface area contributed by atoms with Gasteiger partial charge in [-0.1, -0.05) is 48.5 Å². The van der Waals surface area contributed by atoms with Crippen LogP contribution >= 0.6 is 0 Å². The Kier molecular flexibility index (Phi) is 4.91. The Labute approximate surface area is 142 Å². The zero-order chi connectivity index (χ0) is 16.8. The lowest BCUT2D eigenvalue weighted by atomic mass is 10.1. The van der Waals surface area contributed by atoms with Gasteiger partial charge in [-0.05, 0) is 24.1 Å². The molecular weight excluding hydrogens is 298 g/mol. The van der Waals surface area contributed by atoms with Crippen molar-refractivity contribution in [1.29, 1.82) is 0 Å². The highest BCUT2D eigenvalue weighted by Gasteiger charge is 2.11. The molecule has 0 fully saturated rings. The molecule has 0 bridgehead atoms. The predicted molar refractivity (Wildman–Crippen MR) is 99.6 cm³/mol. The maximum atomic E-state index is 6.05. The number of nitrogens with two attached hydrogens (primary N) is 1. The number of nitrogen functional groups attached to an aromatic ring is 1. The molecule has 3 N–H and O–H groups in total. The molecule has 0 atom stereocenters. The summed E-state index contributed by atoms with van der Waals surface area (Å²) in [5.74, 6) is 1.27. The average Bonchev–Trinajstić information content (AvgIpc) is 2.64. The van der Waals surface area contributed by atoms with Crippen LogP contribution in [0.25, 0.3) is 0 Å². The Balaban J connectivity index is 1.69. The number of nitrogens with one attached hydrogen (secondary N) is 1. The minimum absolute atomic E-state index is 0.551. The van der Waals surface area contributed by atoms with Crippen LogP contribution in [0.1, 0.15) is 5.56 Å². The van der Waals surface area contributed by atoms with E-state index in [0.717, 1.165) is 18.7 Å². The van der Waals surface area contributed by atoms with Crippen molar-refractivity contribution in [3.05, 3.63) is 72.4 Å². The maximum absolute atomic E-state index is 6.05. The number of benzene rings is 2. The van der Waals surface area contributed by atoms with Gasteiger partial charge in [-0.25, -0.2) is 4.98 Å². The molecule has 0 saturated heterocycles. The minimum atomic E-state index is 0.551. The number of nitrogens with zero attached hydrogens (tertiary/aromatic N) is 3. The van der Waals surface area contributed by atoms with Gasteiger partial charge >= 0.3 is 0 Å². The summed E-state index contributed by atoms with van der Waals surface area (Å²) in [6, 6.07) is 20.3. The predicted octanol–water partition coefficient (Wildman–Crippen LogP) is 3.48. The Hall–Kier alpha value is -3.08. The van der Waals surface area contributed by atoms with Crippen molar-refractivity contribution in [3.63, 3.8) is 0 Å². The molecule has 1 aromatic heterocycles. The van der Waals surface area contributed by atoms with Gasteiger partial charge in [0.05, 0.1) is 11.9 Å². The number of anilines is 4.